The molecule has 3 aliphatic rings. The number of likely N-dealkylation sites (tertiary alicyclic amines) is 2. The zero-order chi connectivity index (χ0) is 27.9. The van der Waals surface area contributed by atoms with Crippen LogP contribution in [0.3, 0.4) is 0 Å². The summed E-state index contributed by atoms with van der Waals surface area (Å²) in [6.45, 7) is 5.51. The molecule has 39 heavy (non-hydrogen) atoms. The SMILES string of the molecule is CCCCN(CCN)C(=O)CN1C[C@H](c2cc(OC)c3c(c2)OCO3)C(C(=O)O)[C@@H]1CCCN1CCCC1=O. The molecule has 2 saturated heterocycles. The number of carboxylic acid groups (broad SMARTS) is 1. The van der Waals surface area contributed by atoms with E-state index in [2.05, 4.69) is 6.92 Å². The molecule has 0 aliphatic carbocycles. The van der Waals surface area contributed by atoms with Gasteiger partial charge in [-0.3, -0.25) is 19.3 Å². The number of amides is 2. The van der Waals surface area contributed by atoms with E-state index in [1.54, 1.807) is 12.0 Å². The van der Waals surface area contributed by atoms with Crippen molar-refractivity contribution in [2.24, 2.45) is 11.7 Å². The Morgan fingerprint density at radius 2 is 2.05 bits per heavy atom. The third-order valence-corrected chi connectivity index (χ3v) is 8.11. The summed E-state index contributed by atoms with van der Waals surface area (Å²) in [4.78, 5) is 44.0. The molecule has 3 N–H and O–H groups in total. The Morgan fingerprint density at radius 3 is 2.72 bits per heavy atom. The maximum atomic E-state index is 13.4. The highest BCUT2D eigenvalue weighted by Gasteiger charge is 2.47. The number of unbranched alkanes of at least 4 members (excludes halogenated alkanes) is 1. The molecule has 11 nitrogen and oxygen atoms in total. The predicted molar refractivity (Wildman–Crippen MR) is 144 cm³/mol. The lowest BCUT2D eigenvalue weighted by Gasteiger charge is -2.30. The van der Waals surface area contributed by atoms with Crippen LogP contribution >= 0.6 is 0 Å². The molecule has 0 spiro atoms. The molecule has 1 aromatic rings. The van der Waals surface area contributed by atoms with E-state index in [9.17, 15) is 19.5 Å². The third-order valence-electron chi connectivity index (χ3n) is 8.11. The van der Waals surface area contributed by atoms with Gasteiger partial charge in [0.2, 0.25) is 24.4 Å². The van der Waals surface area contributed by atoms with Crippen molar-refractivity contribution in [2.45, 2.75) is 57.4 Å². The molecule has 3 atom stereocenters. The van der Waals surface area contributed by atoms with E-state index in [4.69, 9.17) is 19.9 Å². The van der Waals surface area contributed by atoms with Crippen molar-refractivity contribution in [2.75, 3.05) is 59.7 Å². The van der Waals surface area contributed by atoms with Gasteiger partial charge in [0, 0.05) is 57.6 Å². The second-order valence-electron chi connectivity index (χ2n) is 10.6. The van der Waals surface area contributed by atoms with Gasteiger partial charge in [-0.25, -0.2) is 0 Å². The number of methoxy groups -OCH3 is 1. The molecule has 11 heteroatoms. The lowest BCUT2D eigenvalue weighted by molar-refractivity contribution is -0.144. The van der Waals surface area contributed by atoms with E-state index in [0.29, 0.717) is 69.2 Å². The molecule has 3 aliphatic heterocycles. The van der Waals surface area contributed by atoms with Crippen LogP contribution in [0, 0.1) is 5.92 Å². The Kier molecular flexibility index (Phi) is 9.90. The number of carbonyl (C=O) groups excluding carboxylic acids is 2. The first kappa shape index (κ1) is 28.9. The molecular weight excluding hydrogens is 504 g/mol. The number of carboxylic acids is 1. The first-order valence-electron chi connectivity index (χ1n) is 14.1. The van der Waals surface area contributed by atoms with Gasteiger partial charge in [-0.1, -0.05) is 13.3 Å². The van der Waals surface area contributed by atoms with Crippen LogP contribution in [0.4, 0.5) is 0 Å². The highest BCUT2D eigenvalue weighted by Crippen LogP contribution is 2.47. The highest BCUT2D eigenvalue weighted by molar-refractivity contribution is 5.79. The molecule has 4 rings (SSSR count). The molecule has 0 aromatic heterocycles. The van der Waals surface area contributed by atoms with E-state index in [-0.39, 0.29) is 37.1 Å². The van der Waals surface area contributed by atoms with Crippen molar-refractivity contribution in [3.8, 4) is 17.2 Å². The van der Waals surface area contributed by atoms with Crippen molar-refractivity contribution in [3.05, 3.63) is 17.7 Å². The van der Waals surface area contributed by atoms with Gasteiger partial charge in [-0.2, -0.15) is 0 Å². The number of nitrogens with zero attached hydrogens (tertiary/aromatic N) is 3. The first-order chi connectivity index (χ1) is 18.9. The average molecular weight is 547 g/mol. The van der Waals surface area contributed by atoms with E-state index in [1.165, 1.54) is 0 Å². The van der Waals surface area contributed by atoms with Crippen molar-refractivity contribution >= 4 is 17.8 Å². The molecular formula is C28H42N4O7. The summed E-state index contributed by atoms with van der Waals surface area (Å²) < 4.78 is 16.7. The highest BCUT2D eigenvalue weighted by atomic mass is 16.7. The van der Waals surface area contributed by atoms with Gasteiger partial charge in [-0.05, 0) is 43.4 Å². The van der Waals surface area contributed by atoms with Crippen LogP contribution in [-0.4, -0.2) is 103 Å². The topological polar surface area (TPSA) is 135 Å². The van der Waals surface area contributed by atoms with Crippen LogP contribution < -0.4 is 19.9 Å². The summed E-state index contributed by atoms with van der Waals surface area (Å²) in [5.74, 6) is -0.371. The van der Waals surface area contributed by atoms with E-state index < -0.39 is 11.9 Å². The zero-order valence-corrected chi connectivity index (χ0v) is 23.1. The molecule has 1 unspecified atom stereocenters. The van der Waals surface area contributed by atoms with Gasteiger partial charge in [0.25, 0.3) is 0 Å². The van der Waals surface area contributed by atoms with E-state index in [1.807, 2.05) is 21.9 Å². The summed E-state index contributed by atoms with van der Waals surface area (Å²) in [6.07, 6.45) is 4.53. The molecule has 2 fully saturated rings. The number of carbonyl (C=O) groups is 3. The number of aliphatic carboxylic acids is 1. The van der Waals surface area contributed by atoms with Gasteiger partial charge >= 0.3 is 5.97 Å². The normalized spacial score (nSPS) is 22.5. The molecule has 2 amide bonds. The summed E-state index contributed by atoms with van der Waals surface area (Å²) >= 11 is 0. The Labute approximate surface area is 230 Å². The number of rotatable bonds is 14. The van der Waals surface area contributed by atoms with Crippen molar-refractivity contribution in [1.82, 2.24) is 14.7 Å². The molecule has 0 bridgehead atoms. The second-order valence-corrected chi connectivity index (χ2v) is 10.6. The molecule has 216 valence electrons. The molecule has 0 radical (unpaired) electrons. The number of fused-ring (bicyclic) bond motifs is 1. The number of hydrogen-bond acceptors (Lipinski definition) is 8. The number of hydrogen-bond donors (Lipinski definition) is 2. The summed E-state index contributed by atoms with van der Waals surface area (Å²) in [5, 5.41) is 10.5. The van der Waals surface area contributed by atoms with Crippen LogP contribution in [-0.2, 0) is 14.4 Å². The maximum absolute atomic E-state index is 13.4. The summed E-state index contributed by atoms with van der Waals surface area (Å²) in [7, 11) is 1.54. The van der Waals surface area contributed by atoms with E-state index >= 15 is 0 Å². The van der Waals surface area contributed by atoms with Crippen LogP contribution in [0.15, 0.2) is 12.1 Å². The monoisotopic (exact) mass is 546 g/mol. The fraction of sp³-hybridized carbons (Fsp3) is 0.679. The second kappa shape index (κ2) is 13.3. The predicted octanol–water partition coefficient (Wildman–Crippen LogP) is 1.88. The number of benzene rings is 1. The fourth-order valence-electron chi connectivity index (χ4n) is 6.13. The summed E-state index contributed by atoms with van der Waals surface area (Å²) in [6, 6.07) is 3.29. The van der Waals surface area contributed by atoms with E-state index in [0.717, 1.165) is 31.4 Å². The maximum Gasteiger partial charge on any atom is 0.308 e. The first-order valence-corrected chi connectivity index (χ1v) is 14.1. The van der Waals surface area contributed by atoms with Crippen molar-refractivity contribution in [1.29, 1.82) is 0 Å². The Bertz CT molecular complexity index is 1040. The number of nitrogens with two attached hydrogens (primary N) is 1. The van der Waals surface area contributed by atoms with Gasteiger partial charge in [0.15, 0.2) is 11.5 Å². The van der Waals surface area contributed by atoms with Crippen LogP contribution in [0.2, 0.25) is 0 Å². The van der Waals surface area contributed by atoms with Crippen LogP contribution in [0.1, 0.15) is 56.9 Å². The van der Waals surface area contributed by atoms with Crippen LogP contribution in [0.25, 0.3) is 0 Å². The quantitative estimate of drug-likeness (QED) is 0.359. The zero-order valence-electron chi connectivity index (χ0n) is 23.1. The van der Waals surface area contributed by atoms with Crippen LogP contribution in [0.5, 0.6) is 17.2 Å². The minimum Gasteiger partial charge on any atom is -0.493 e. The van der Waals surface area contributed by atoms with Gasteiger partial charge in [0.1, 0.15) is 0 Å². The summed E-state index contributed by atoms with van der Waals surface area (Å²) in [5.41, 5.74) is 6.57. The fourth-order valence-corrected chi connectivity index (χ4v) is 6.13. The Hall–Kier alpha value is -3.05. The minimum atomic E-state index is -0.904. The average Bonchev–Trinajstić information content (AvgIpc) is 3.65. The standard InChI is InChI=1S/C28H42N4O7/c1-3-4-10-31(13-9-29)25(34)17-32-16-20(19-14-22(37-2)27-23(15-19)38-18-39-27)26(28(35)36)21(32)7-5-11-30-12-6-8-24(30)33/h14-15,20-21,26H,3-13,16-18,29H2,1-2H3,(H,35,36)/t20-,21+,26?/m1/s1. The molecule has 0 saturated carbocycles. The Balaban J connectivity index is 1.59. The lowest BCUT2D eigenvalue weighted by Crippen LogP contribution is -2.45. The Morgan fingerprint density at radius 1 is 1.23 bits per heavy atom. The lowest BCUT2D eigenvalue weighted by atomic mass is 9.83. The minimum absolute atomic E-state index is 0.0401. The van der Waals surface area contributed by atoms with Gasteiger partial charge < -0.3 is 34.9 Å². The smallest absolute Gasteiger partial charge is 0.308 e. The third kappa shape index (κ3) is 6.58. The van der Waals surface area contributed by atoms with Gasteiger partial charge in [-0.15, -0.1) is 0 Å². The number of ether oxygens (including phenoxy) is 3. The largest absolute Gasteiger partial charge is 0.493 e. The molecule has 3 heterocycles. The molecule has 1 aromatic carbocycles. The van der Waals surface area contributed by atoms with Gasteiger partial charge in [0.05, 0.1) is 19.6 Å². The van der Waals surface area contributed by atoms with Crippen molar-refractivity contribution in [3.63, 3.8) is 0 Å². The van der Waals surface area contributed by atoms with Crippen molar-refractivity contribution < 1.29 is 33.7 Å².